The van der Waals surface area contributed by atoms with Gasteiger partial charge in [0.25, 0.3) is 5.91 Å². The van der Waals surface area contributed by atoms with E-state index < -0.39 is 0 Å². The Hall–Kier alpha value is -1.47. The molecule has 2 aromatic heterocycles. The number of hydrogen-bond donors (Lipinski definition) is 0. The number of amides is 1. The second kappa shape index (κ2) is 5.03. The Kier molecular flexibility index (Phi) is 3.63. The lowest BCUT2D eigenvalue weighted by Gasteiger charge is -2.14. The molecule has 0 unspecified atom stereocenters. The molecule has 2 rings (SSSR count). The van der Waals surface area contributed by atoms with Crippen molar-refractivity contribution in [2.24, 2.45) is 0 Å². The fourth-order valence-corrected chi connectivity index (χ4v) is 2.31. The van der Waals surface area contributed by atoms with Gasteiger partial charge in [-0.25, -0.2) is 0 Å². The number of aromatic nitrogens is 3. The predicted octanol–water partition coefficient (Wildman–Crippen LogP) is 2.07. The number of nitrogens with zero attached hydrogens (tertiary/aromatic N) is 4. The van der Waals surface area contributed by atoms with Crippen LogP contribution in [0.2, 0.25) is 4.47 Å². The van der Waals surface area contributed by atoms with Crippen LogP contribution in [0.3, 0.4) is 0 Å². The van der Waals surface area contributed by atoms with E-state index in [-0.39, 0.29) is 15.4 Å². The SMILES string of the molecule is Cc1noc(C)c1CN(C)C(=O)c1nnc(Cl)s1. The molecule has 0 N–H and O–H groups in total. The molecule has 0 fully saturated rings. The molecule has 0 aliphatic rings. The molecule has 0 bridgehead atoms. The Balaban J connectivity index is 2.13. The van der Waals surface area contributed by atoms with E-state index in [9.17, 15) is 4.79 Å². The molecule has 0 spiro atoms. The maximum absolute atomic E-state index is 12.0. The summed E-state index contributed by atoms with van der Waals surface area (Å²) >= 11 is 6.71. The van der Waals surface area contributed by atoms with E-state index in [2.05, 4.69) is 15.4 Å². The van der Waals surface area contributed by atoms with Crippen LogP contribution < -0.4 is 0 Å². The van der Waals surface area contributed by atoms with Gasteiger partial charge in [0.1, 0.15) is 5.76 Å². The minimum absolute atomic E-state index is 0.223. The van der Waals surface area contributed by atoms with Crippen molar-refractivity contribution in [3.63, 3.8) is 0 Å². The molecule has 2 heterocycles. The fourth-order valence-electron chi connectivity index (χ4n) is 1.49. The smallest absolute Gasteiger partial charge is 0.284 e. The predicted molar refractivity (Wildman–Crippen MR) is 66.7 cm³/mol. The van der Waals surface area contributed by atoms with Crippen LogP contribution in [0.15, 0.2) is 4.52 Å². The summed E-state index contributed by atoms with van der Waals surface area (Å²) in [5.41, 5.74) is 1.68. The molecule has 0 radical (unpaired) electrons. The molecule has 0 aliphatic carbocycles. The minimum atomic E-state index is -0.223. The van der Waals surface area contributed by atoms with Crippen molar-refractivity contribution in [3.05, 3.63) is 26.5 Å². The van der Waals surface area contributed by atoms with Gasteiger partial charge in [-0.3, -0.25) is 4.79 Å². The molecule has 2 aromatic rings. The van der Waals surface area contributed by atoms with E-state index in [1.54, 1.807) is 7.05 Å². The number of hydrogen-bond acceptors (Lipinski definition) is 6. The Morgan fingerprint density at radius 1 is 1.44 bits per heavy atom. The van der Waals surface area contributed by atoms with Gasteiger partial charge in [-0.15, -0.1) is 10.2 Å². The zero-order valence-electron chi connectivity index (χ0n) is 10.1. The van der Waals surface area contributed by atoms with Crippen LogP contribution in [0, 0.1) is 13.8 Å². The number of carbonyl (C=O) groups is 1. The van der Waals surface area contributed by atoms with Crippen molar-refractivity contribution in [3.8, 4) is 0 Å². The third-order valence-electron chi connectivity index (χ3n) is 2.51. The lowest BCUT2D eigenvalue weighted by molar-refractivity contribution is 0.0783. The molecule has 0 atom stereocenters. The Morgan fingerprint density at radius 2 is 2.17 bits per heavy atom. The van der Waals surface area contributed by atoms with Crippen LogP contribution in [0.4, 0.5) is 0 Å². The van der Waals surface area contributed by atoms with Gasteiger partial charge >= 0.3 is 0 Å². The zero-order chi connectivity index (χ0) is 13.3. The molecule has 0 aliphatic heterocycles. The van der Waals surface area contributed by atoms with Crippen LogP contribution in [-0.2, 0) is 6.54 Å². The topological polar surface area (TPSA) is 72.1 Å². The van der Waals surface area contributed by atoms with Crippen LogP contribution in [0.1, 0.15) is 26.8 Å². The van der Waals surface area contributed by atoms with E-state index in [0.29, 0.717) is 12.3 Å². The third-order valence-corrected chi connectivity index (χ3v) is 3.51. The van der Waals surface area contributed by atoms with Crippen molar-refractivity contribution >= 4 is 28.8 Å². The van der Waals surface area contributed by atoms with E-state index >= 15 is 0 Å². The molecule has 0 saturated heterocycles. The van der Waals surface area contributed by atoms with Crippen molar-refractivity contribution in [2.45, 2.75) is 20.4 Å². The molecule has 8 heteroatoms. The summed E-state index contributed by atoms with van der Waals surface area (Å²) in [6.45, 7) is 4.07. The van der Waals surface area contributed by atoms with Crippen molar-refractivity contribution in [1.29, 1.82) is 0 Å². The van der Waals surface area contributed by atoms with E-state index in [4.69, 9.17) is 16.1 Å². The molecule has 6 nitrogen and oxygen atoms in total. The number of aryl methyl sites for hydroxylation is 2. The highest BCUT2D eigenvalue weighted by atomic mass is 35.5. The first-order valence-electron chi connectivity index (χ1n) is 5.15. The van der Waals surface area contributed by atoms with Gasteiger partial charge in [0.05, 0.1) is 12.2 Å². The second-order valence-corrected chi connectivity index (χ2v) is 5.38. The van der Waals surface area contributed by atoms with Crippen molar-refractivity contribution in [2.75, 3.05) is 7.05 Å². The number of carbonyl (C=O) groups excluding carboxylic acids is 1. The Labute approximate surface area is 113 Å². The Bertz CT molecular complexity index is 561. The van der Waals surface area contributed by atoms with Crippen LogP contribution in [0.5, 0.6) is 0 Å². The lowest BCUT2D eigenvalue weighted by Crippen LogP contribution is -2.26. The van der Waals surface area contributed by atoms with E-state index in [1.807, 2.05) is 13.8 Å². The largest absolute Gasteiger partial charge is 0.361 e. The zero-order valence-corrected chi connectivity index (χ0v) is 11.7. The minimum Gasteiger partial charge on any atom is -0.361 e. The van der Waals surface area contributed by atoms with Crippen molar-refractivity contribution < 1.29 is 9.32 Å². The van der Waals surface area contributed by atoms with Gasteiger partial charge in [0.15, 0.2) is 0 Å². The molecule has 18 heavy (non-hydrogen) atoms. The summed E-state index contributed by atoms with van der Waals surface area (Å²) in [7, 11) is 1.68. The van der Waals surface area contributed by atoms with Gasteiger partial charge < -0.3 is 9.42 Å². The maximum Gasteiger partial charge on any atom is 0.284 e. The van der Waals surface area contributed by atoms with Crippen molar-refractivity contribution in [1.82, 2.24) is 20.3 Å². The first-order chi connectivity index (χ1) is 8.49. The van der Waals surface area contributed by atoms with Gasteiger partial charge in [-0.05, 0) is 25.4 Å². The molecule has 96 valence electrons. The first kappa shape index (κ1) is 13.0. The standard InChI is InChI=1S/C10H11ClN4O2S/c1-5-7(6(2)17-14-5)4-15(3)9(16)8-12-13-10(11)18-8/h4H2,1-3H3. The van der Waals surface area contributed by atoms with E-state index in [0.717, 1.165) is 22.6 Å². The maximum atomic E-state index is 12.0. The quantitative estimate of drug-likeness (QED) is 0.864. The van der Waals surface area contributed by atoms with Gasteiger partial charge in [-0.1, -0.05) is 16.5 Å². The summed E-state index contributed by atoms with van der Waals surface area (Å²) in [6.07, 6.45) is 0. The number of halogens is 1. The second-order valence-electron chi connectivity index (χ2n) is 3.82. The molecular formula is C10H11ClN4O2S. The highest BCUT2D eigenvalue weighted by molar-refractivity contribution is 7.17. The lowest BCUT2D eigenvalue weighted by atomic mass is 10.2. The monoisotopic (exact) mass is 286 g/mol. The van der Waals surface area contributed by atoms with E-state index in [1.165, 1.54) is 4.90 Å². The summed E-state index contributed by atoms with van der Waals surface area (Å²) in [5, 5.41) is 11.4. The van der Waals surface area contributed by atoms with Crippen LogP contribution in [-0.4, -0.2) is 33.2 Å². The summed E-state index contributed by atoms with van der Waals surface area (Å²) in [6, 6.07) is 0. The highest BCUT2D eigenvalue weighted by Gasteiger charge is 2.19. The highest BCUT2D eigenvalue weighted by Crippen LogP contribution is 2.19. The summed E-state index contributed by atoms with van der Waals surface area (Å²) < 4.78 is 5.31. The number of rotatable bonds is 3. The molecule has 0 aromatic carbocycles. The normalized spacial score (nSPS) is 10.7. The first-order valence-corrected chi connectivity index (χ1v) is 6.34. The summed E-state index contributed by atoms with van der Waals surface area (Å²) in [4.78, 5) is 13.6. The molecular weight excluding hydrogens is 276 g/mol. The van der Waals surface area contributed by atoms with Gasteiger partial charge in [0, 0.05) is 12.6 Å². The molecule has 0 saturated carbocycles. The third kappa shape index (κ3) is 2.51. The average molecular weight is 287 g/mol. The summed E-state index contributed by atoms with van der Waals surface area (Å²) in [5.74, 6) is 0.488. The molecule has 1 amide bonds. The van der Waals surface area contributed by atoms with Gasteiger partial charge in [0.2, 0.25) is 9.47 Å². The Morgan fingerprint density at radius 3 is 2.67 bits per heavy atom. The van der Waals surface area contributed by atoms with Crippen LogP contribution >= 0.6 is 22.9 Å². The van der Waals surface area contributed by atoms with Crippen LogP contribution in [0.25, 0.3) is 0 Å². The van der Waals surface area contributed by atoms with Gasteiger partial charge in [-0.2, -0.15) is 0 Å². The fraction of sp³-hybridized carbons (Fsp3) is 0.400. The average Bonchev–Trinajstić information content (AvgIpc) is 2.89.